The summed E-state index contributed by atoms with van der Waals surface area (Å²) in [6.45, 7) is 0. The Labute approximate surface area is 90.0 Å². The molecule has 0 amide bonds. The minimum atomic E-state index is 0.178. The van der Waals surface area contributed by atoms with Gasteiger partial charge < -0.3 is 5.32 Å². The molecule has 1 N–H and O–H groups in total. The third kappa shape index (κ3) is 1.94. The van der Waals surface area contributed by atoms with Crippen LogP contribution in [0.15, 0.2) is 41.6 Å². The van der Waals surface area contributed by atoms with Crippen molar-refractivity contribution in [2.24, 2.45) is 0 Å². The fourth-order valence-corrected chi connectivity index (χ4v) is 2.03. The van der Waals surface area contributed by atoms with Crippen LogP contribution in [0.2, 0.25) is 0 Å². The molecule has 0 bridgehead atoms. The fraction of sp³-hybridized carbons (Fsp3) is 0.308. The maximum atomic E-state index is 12.1. The van der Waals surface area contributed by atoms with Crippen molar-refractivity contribution in [1.29, 1.82) is 0 Å². The number of nitrogens with one attached hydrogen (secondary N) is 1. The van der Waals surface area contributed by atoms with E-state index in [-0.39, 0.29) is 5.78 Å². The zero-order valence-corrected chi connectivity index (χ0v) is 8.92. The summed E-state index contributed by atoms with van der Waals surface area (Å²) in [4.78, 5) is 12.1. The number of allylic oxidation sites excluding steroid dienone is 2. The molecule has 78 valence electrons. The molecule has 0 saturated heterocycles. The first-order valence-corrected chi connectivity index (χ1v) is 5.32. The van der Waals surface area contributed by atoms with E-state index in [1.54, 1.807) is 0 Å². The summed E-state index contributed by atoms with van der Waals surface area (Å²) >= 11 is 0. The van der Waals surface area contributed by atoms with Crippen molar-refractivity contribution in [3.05, 3.63) is 47.2 Å². The lowest BCUT2D eigenvalue weighted by Gasteiger charge is -2.05. The van der Waals surface area contributed by atoms with Crippen LogP contribution in [0.4, 0.5) is 0 Å². The molecule has 0 saturated carbocycles. The third-order valence-corrected chi connectivity index (χ3v) is 2.83. The van der Waals surface area contributed by atoms with Gasteiger partial charge in [0.1, 0.15) is 0 Å². The first-order valence-electron chi connectivity index (χ1n) is 5.32. The van der Waals surface area contributed by atoms with E-state index in [1.165, 1.54) is 0 Å². The molecule has 0 unspecified atom stereocenters. The van der Waals surface area contributed by atoms with E-state index in [9.17, 15) is 4.79 Å². The molecule has 0 fully saturated rings. The number of benzene rings is 1. The second-order valence-corrected chi connectivity index (χ2v) is 3.76. The predicted molar refractivity (Wildman–Crippen MR) is 60.7 cm³/mol. The van der Waals surface area contributed by atoms with Gasteiger partial charge in [-0.25, -0.2) is 0 Å². The van der Waals surface area contributed by atoms with Crippen molar-refractivity contribution in [1.82, 2.24) is 5.32 Å². The zero-order chi connectivity index (χ0) is 10.7. The lowest BCUT2D eigenvalue weighted by molar-refractivity contribution is 0.103. The van der Waals surface area contributed by atoms with Gasteiger partial charge in [0.25, 0.3) is 0 Å². The molecule has 2 rings (SSSR count). The molecule has 15 heavy (non-hydrogen) atoms. The topological polar surface area (TPSA) is 29.1 Å². The van der Waals surface area contributed by atoms with Gasteiger partial charge in [-0.1, -0.05) is 30.3 Å². The van der Waals surface area contributed by atoms with E-state index < -0.39 is 0 Å². The zero-order valence-electron chi connectivity index (χ0n) is 8.92. The van der Waals surface area contributed by atoms with Gasteiger partial charge in [0.15, 0.2) is 5.78 Å². The van der Waals surface area contributed by atoms with Crippen LogP contribution in [-0.2, 0) is 0 Å². The van der Waals surface area contributed by atoms with Crippen LogP contribution in [0, 0.1) is 0 Å². The lowest BCUT2D eigenvalue weighted by Crippen LogP contribution is -2.10. The number of hydrogen-bond donors (Lipinski definition) is 1. The number of Topliss-reactive ketones (excluding diaryl/α,β-unsaturated/α-hetero) is 1. The maximum absolute atomic E-state index is 12.1. The molecule has 2 nitrogen and oxygen atoms in total. The van der Waals surface area contributed by atoms with Gasteiger partial charge in [-0.2, -0.15) is 0 Å². The molecule has 1 aromatic carbocycles. The summed E-state index contributed by atoms with van der Waals surface area (Å²) in [5.41, 5.74) is 2.87. The summed E-state index contributed by atoms with van der Waals surface area (Å²) < 4.78 is 0. The van der Waals surface area contributed by atoms with Gasteiger partial charge in [-0.15, -0.1) is 0 Å². The molecule has 2 heteroatoms. The van der Waals surface area contributed by atoms with Crippen LogP contribution in [-0.4, -0.2) is 12.8 Å². The molecule has 0 aromatic heterocycles. The summed E-state index contributed by atoms with van der Waals surface area (Å²) in [6, 6.07) is 9.49. The maximum Gasteiger partial charge on any atom is 0.190 e. The predicted octanol–water partition coefficient (Wildman–Crippen LogP) is 2.53. The molecular weight excluding hydrogens is 186 g/mol. The van der Waals surface area contributed by atoms with Crippen LogP contribution >= 0.6 is 0 Å². The van der Waals surface area contributed by atoms with E-state index in [0.717, 1.165) is 36.1 Å². The SMILES string of the molecule is CNC1=C(C(=O)c2ccccc2)CCC1. The summed E-state index contributed by atoms with van der Waals surface area (Å²) in [5.74, 6) is 0.178. The Morgan fingerprint density at radius 1 is 1.20 bits per heavy atom. The van der Waals surface area contributed by atoms with Crippen molar-refractivity contribution in [2.45, 2.75) is 19.3 Å². The van der Waals surface area contributed by atoms with E-state index in [0.29, 0.717) is 0 Å². The van der Waals surface area contributed by atoms with Crippen LogP contribution in [0.1, 0.15) is 29.6 Å². The fourth-order valence-electron chi connectivity index (χ4n) is 2.03. The highest BCUT2D eigenvalue weighted by Gasteiger charge is 2.20. The van der Waals surface area contributed by atoms with Gasteiger partial charge in [0.05, 0.1) is 0 Å². The molecule has 0 aliphatic heterocycles. The quantitative estimate of drug-likeness (QED) is 0.761. The Morgan fingerprint density at radius 3 is 2.60 bits per heavy atom. The molecular formula is C13H15NO. The lowest BCUT2D eigenvalue weighted by atomic mass is 10.0. The highest BCUT2D eigenvalue weighted by atomic mass is 16.1. The van der Waals surface area contributed by atoms with Gasteiger partial charge >= 0.3 is 0 Å². The normalized spacial score (nSPS) is 15.5. The second-order valence-electron chi connectivity index (χ2n) is 3.76. The van der Waals surface area contributed by atoms with Crippen LogP contribution in [0.3, 0.4) is 0 Å². The first-order chi connectivity index (χ1) is 7.33. The third-order valence-electron chi connectivity index (χ3n) is 2.83. The minimum absolute atomic E-state index is 0.178. The average Bonchev–Trinajstić information content (AvgIpc) is 2.77. The Morgan fingerprint density at radius 2 is 1.93 bits per heavy atom. The van der Waals surface area contributed by atoms with Gasteiger partial charge in [0.2, 0.25) is 0 Å². The van der Waals surface area contributed by atoms with Crippen molar-refractivity contribution >= 4 is 5.78 Å². The smallest absolute Gasteiger partial charge is 0.190 e. The average molecular weight is 201 g/mol. The Kier molecular flexibility index (Phi) is 2.86. The van der Waals surface area contributed by atoms with E-state index >= 15 is 0 Å². The van der Waals surface area contributed by atoms with Crippen molar-refractivity contribution in [3.63, 3.8) is 0 Å². The largest absolute Gasteiger partial charge is 0.391 e. The molecule has 1 aromatic rings. The van der Waals surface area contributed by atoms with E-state index in [2.05, 4.69) is 5.32 Å². The number of carbonyl (C=O) groups excluding carboxylic acids is 1. The molecule has 0 spiro atoms. The Hall–Kier alpha value is -1.57. The molecule has 1 aliphatic rings. The standard InChI is InChI=1S/C13H15NO/c1-14-12-9-5-8-11(12)13(15)10-6-3-2-4-7-10/h2-4,6-7,14H,5,8-9H2,1H3. The van der Waals surface area contributed by atoms with Crippen molar-refractivity contribution in [3.8, 4) is 0 Å². The second kappa shape index (κ2) is 4.30. The van der Waals surface area contributed by atoms with E-state index in [1.807, 2.05) is 37.4 Å². The number of rotatable bonds is 3. The summed E-state index contributed by atoms with van der Waals surface area (Å²) in [5, 5.41) is 3.12. The molecule has 0 heterocycles. The monoisotopic (exact) mass is 201 g/mol. The van der Waals surface area contributed by atoms with Crippen LogP contribution in [0.25, 0.3) is 0 Å². The number of hydrogen-bond acceptors (Lipinski definition) is 2. The summed E-state index contributed by atoms with van der Waals surface area (Å²) in [6.07, 6.45) is 3.00. The molecule has 0 radical (unpaired) electrons. The summed E-state index contributed by atoms with van der Waals surface area (Å²) in [7, 11) is 1.89. The van der Waals surface area contributed by atoms with Gasteiger partial charge in [0, 0.05) is 23.9 Å². The van der Waals surface area contributed by atoms with Crippen LogP contribution < -0.4 is 5.32 Å². The highest BCUT2D eigenvalue weighted by molar-refractivity contribution is 6.09. The van der Waals surface area contributed by atoms with Crippen molar-refractivity contribution < 1.29 is 4.79 Å². The van der Waals surface area contributed by atoms with Crippen molar-refractivity contribution in [2.75, 3.05) is 7.05 Å². The van der Waals surface area contributed by atoms with Crippen LogP contribution in [0.5, 0.6) is 0 Å². The van der Waals surface area contributed by atoms with E-state index in [4.69, 9.17) is 0 Å². The molecule has 1 aliphatic carbocycles. The number of carbonyl (C=O) groups is 1. The number of ketones is 1. The molecule has 0 atom stereocenters. The first kappa shape index (κ1) is 9.97. The minimum Gasteiger partial charge on any atom is -0.391 e. The highest BCUT2D eigenvalue weighted by Crippen LogP contribution is 2.26. The Balaban J connectivity index is 2.29. The van der Waals surface area contributed by atoms with Gasteiger partial charge in [-0.05, 0) is 19.3 Å². The van der Waals surface area contributed by atoms with Gasteiger partial charge in [-0.3, -0.25) is 4.79 Å². The Bertz CT molecular complexity index is 392.